The lowest BCUT2D eigenvalue weighted by Gasteiger charge is -2.45. The van der Waals surface area contributed by atoms with E-state index in [0.29, 0.717) is 26.1 Å². The molecule has 19 heavy (non-hydrogen) atoms. The molecule has 1 saturated carbocycles. The molecule has 0 amide bonds. The van der Waals surface area contributed by atoms with Gasteiger partial charge in [-0.2, -0.15) is 0 Å². The van der Waals surface area contributed by atoms with E-state index < -0.39 is 18.9 Å². The van der Waals surface area contributed by atoms with Gasteiger partial charge in [0.05, 0.1) is 24.5 Å². The number of hydrogen-bond donors (Lipinski definition) is 1. The molecule has 1 rings (SSSR count). The van der Waals surface area contributed by atoms with Gasteiger partial charge in [0.2, 0.25) is 0 Å². The first-order valence-electron chi connectivity index (χ1n) is 7.18. The molecule has 112 valence electrons. The van der Waals surface area contributed by atoms with E-state index >= 15 is 0 Å². The highest BCUT2D eigenvalue weighted by Gasteiger charge is 2.52. The van der Waals surface area contributed by atoms with Crippen LogP contribution in [0.4, 0.5) is 0 Å². The Morgan fingerprint density at radius 3 is 2.47 bits per heavy atom. The van der Waals surface area contributed by atoms with E-state index in [1.165, 1.54) is 0 Å². The molecule has 4 nitrogen and oxygen atoms in total. The Hall–Kier alpha value is -0.150. The number of aliphatic hydroxyl groups is 1. The van der Waals surface area contributed by atoms with Crippen LogP contribution in [-0.2, 0) is 13.6 Å². The second-order valence-corrected chi connectivity index (χ2v) is 7.37. The zero-order valence-corrected chi connectivity index (χ0v) is 13.2. The molecule has 1 N–H and O–H groups in total. The Labute approximate surface area is 116 Å². The summed E-state index contributed by atoms with van der Waals surface area (Å²) in [6, 6.07) is 0. The van der Waals surface area contributed by atoms with E-state index in [9.17, 15) is 9.67 Å². The molecule has 3 atom stereocenters. The van der Waals surface area contributed by atoms with Crippen LogP contribution in [0.2, 0.25) is 0 Å². The Morgan fingerprint density at radius 2 is 2.00 bits per heavy atom. The fraction of sp³-hybridized carbons (Fsp3) is 0.857. The molecule has 1 aliphatic rings. The quantitative estimate of drug-likeness (QED) is 0.573. The lowest BCUT2D eigenvalue weighted by Crippen LogP contribution is -2.49. The van der Waals surface area contributed by atoms with Crippen LogP contribution >= 0.6 is 7.60 Å². The average molecular weight is 290 g/mol. The summed E-state index contributed by atoms with van der Waals surface area (Å²) in [7, 11) is -3.28. The van der Waals surface area contributed by atoms with Gasteiger partial charge in [0, 0.05) is 5.92 Å². The van der Waals surface area contributed by atoms with Gasteiger partial charge in [-0.05, 0) is 26.7 Å². The highest BCUT2D eigenvalue weighted by molar-refractivity contribution is 7.54. The van der Waals surface area contributed by atoms with Crippen LogP contribution in [-0.4, -0.2) is 29.6 Å². The number of hydrogen-bond acceptors (Lipinski definition) is 4. The first-order chi connectivity index (χ1) is 8.94. The molecule has 0 aromatic rings. The van der Waals surface area contributed by atoms with Gasteiger partial charge in [-0.25, -0.2) is 0 Å². The first-order valence-corrected chi connectivity index (χ1v) is 8.79. The molecular formula is C14H27O4P. The van der Waals surface area contributed by atoms with Crippen molar-refractivity contribution in [2.45, 2.75) is 57.7 Å². The SMILES string of the molecule is C=CC(C)[C@]1(O)CCCC[C@H]1P(=O)(OCC)OCC. The van der Waals surface area contributed by atoms with Crippen molar-refractivity contribution in [3.63, 3.8) is 0 Å². The van der Waals surface area contributed by atoms with Crippen LogP contribution in [0.3, 0.4) is 0 Å². The van der Waals surface area contributed by atoms with Gasteiger partial charge in [-0.3, -0.25) is 4.57 Å². The minimum atomic E-state index is -3.28. The van der Waals surface area contributed by atoms with Gasteiger partial charge >= 0.3 is 7.60 Å². The van der Waals surface area contributed by atoms with Gasteiger partial charge < -0.3 is 14.2 Å². The monoisotopic (exact) mass is 290 g/mol. The highest BCUT2D eigenvalue weighted by atomic mass is 31.2. The van der Waals surface area contributed by atoms with Crippen molar-refractivity contribution in [1.29, 1.82) is 0 Å². The second-order valence-electron chi connectivity index (χ2n) is 5.15. The number of rotatable bonds is 7. The summed E-state index contributed by atoms with van der Waals surface area (Å²) in [5, 5.41) is 11.0. The van der Waals surface area contributed by atoms with E-state index in [-0.39, 0.29) is 5.92 Å². The molecular weight excluding hydrogens is 263 g/mol. The van der Waals surface area contributed by atoms with Crippen LogP contribution < -0.4 is 0 Å². The third-order valence-electron chi connectivity index (χ3n) is 4.02. The van der Waals surface area contributed by atoms with Crippen LogP contribution in [0.5, 0.6) is 0 Å². The minimum Gasteiger partial charge on any atom is -0.388 e. The fourth-order valence-corrected chi connectivity index (χ4v) is 5.47. The minimum absolute atomic E-state index is 0.132. The zero-order valence-electron chi connectivity index (χ0n) is 12.3. The van der Waals surface area contributed by atoms with Crippen molar-refractivity contribution < 1.29 is 18.7 Å². The van der Waals surface area contributed by atoms with Gasteiger partial charge in [0.25, 0.3) is 0 Å². The van der Waals surface area contributed by atoms with E-state index in [1.807, 2.05) is 6.92 Å². The van der Waals surface area contributed by atoms with Crippen LogP contribution in [0.1, 0.15) is 46.5 Å². The molecule has 0 spiro atoms. The summed E-state index contributed by atoms with van der Waals surface area (Å²) in [6.07, 6.45) is 4.89. The van der Waals surface area contributed by atoms with Crippen molar-refractivity contribution in [2.75, 3.05) is 13.2 Å². The van der Waals surface area contributed by atoms with Crippen LogP contribution in [0.25, 0.3) is 0 Å². The molecule has 0 heterocycles. The van der Waals surface area contributed by atoms with Crippen molar-refractivity contribution in [2.24, 2.45) is 5.92 Å². The smallest absolute Gasteiger partial charge is 0.336 e. The summed E-state index contributed by atoms with van der Waals surface area (Å²) in [5.41, 5.74) is -1.50. The third kappa shape index (κ3) is 3.49. The van der Waals surface area contributed by atoms with E-state index in [1.54, 1.807) is 19.9 Å². The third-order valence-corrected chi connectivity index (χ3v) is 6.73. The largest absolute Gasteiger partial charge is 0.388 e. The average Bonchev–Trinajstić information content (AvgIpc) is 2.38. The molecule has 0 saturated heterocycles. The van der Waals surface area contributed by atoms with Gasteiger partial charge in [0.15, 0.2) is 0 Å². The first kappa shape index (κ1) is 16.9. The Balaban J connectivity index is 3.09. The lowest BCUT2D eigenvalue weighted by atomic mass is 9.76. The maximum atomic E-state index is 13.0. The van der Waals surface area contributed by atoms with Crippen molar-refractivity contribution in [3.8, 4) is 0 Å². The maximum absolute atomic E-state index is 13.0. The van der Waals surface area contributed by atoms with Crippen molar-refractivity contribution >= 4 is 7.60 Å². The Morgan fingerprint density at radius 1 is 1.42 bits per heavy atom. The van der Waals surface area contributed by atoms with Crippen LogP contribution in [0.15, 0.2) is 12.7 Å². The summed E-state index contributed by atoms with van der Waals surface area (Å²) in [5.74, 6) is -0.132. The Kier molecular flexibility index (Phi) is 6.25. The molecule has 0 radical (unpaired) electrons. The van der Waals surface area contributed by atoms with Crippen LogP contribution in [0, 0.1) is 5.92 Å². The standard InChI is InChI=1S/C14H27O4P/c1-5-12(4)14(15)11-9-8-10-13(14)19(16,17-6-2)18-7-3/h5,12-13,15H,1,6-11H2,2-4H3/t12?,13-,14-/m1/s1. The normalized spacial score (nSPS) is 30.0. The van der Waals surface area contributed by atoms with Gasteiger partial charge in [0.1, 0.15) is 0 Å². The van der Waals surface area contributed by atoms with E-state index in [2.05, 4.69) is 6.58 Å². The van der Waals surface area contributed by atoms with E-state index in [0.717, 1.165) is 12.8 Å². The highest BCUT2D eigenvalue weighted by Crippen LogP contribution is 2.61. The fourth-order valence-electron chi connectivity index (χ4n) is 2.91. The molecule has 0 bridgehead atoms. The van der Waals surface area contributed by atoms with Gasteiger partial charge in [-0.15, -0.1) is 6.58 Å². The van der Waals surface area contributed by atoms with Crippen molar-refractivity contribution in [1.82, 2.24) is 0 Å². The molecule has 5 heteroatoms. The topological polar surface area (TPSA) is 55.8 Å². The molecule has 1 aliphatic carbocycles. The molecule has 0 aliphatic heterocycles. The second kappa shape index (κ2) is 7.03. The molecule has 0 aromatic heterocycles. The summed E-state index contributed by atoms with van der Waals surface area (Å²) in [6.45, 7) is 9.91. The molecule has 0 aromatic carbocycles. The van der Waals surface area contributed by atoms with Gasteiger partial charge in [-0.1, -0.05) is 25.8 Å². The Bertz CT molecular complexity index is 334. The lowest BCUT2D eigenvalue weighted by molar-refractivity contribution is -0.0320. The summed E-state index contributed by atoms with van der Waals surface area (Å²) < 4.78 is 23.8. The van der Waals surface area contributed by atoms with Crippen molar-refractivity contribution in [3.05, 3.63) is 12.7 Å². The molecule has 1 fully saturated rings. The molecule has 1 unspecified atom stereocenters. The maximum Gasteiger partial charge on any atom is 0.336 e. The predicted octanol–water partition coefficient (Wildman–Crippen LogP) is 3.75. The summed E-state index contributed by atoms with van der Waals surface area (Å²) >= 11 is 0. The predicted molar refractivity (Wildman–Crippen MR) is 77.4 cm³/mol. The zero-order chi connectivity index (χ0) is 14.5. The van der Waals surface area contributed by atoms with E-state index in [4.69, 9.17) is 9.05 Å². The summed E-state index contributed by atoms with van der Waals surface area (Å²) in [4.78, 5) is 0.